The Hall–Kier alpha value is -0.900. The Kier molecular flexibility index (Phi) is 3.02. The van der Waals surface area contributed by atoms with Gasteiger partial charge in [0, 0.05) is 18.4 Å². The lowest BCUT2D eigenvalue weighted by Gasteiger charge is -2.05. The average molecular weight is 223 g/mol. The van der Waals surface area contributed by atoms with Gasteiger partial charge in [-0.3, -0.25) is 0 Å². The van der Waals surface area contributed by atoms with Crippen LogP contribution in [0.4, 0.5) is 0 Å². The molecule has 1 aromatic heterocycles. The lowest BCUT2D eigenvalue weighted by Crippen LogP contribution is -2.19. The fourth-order valence-electron chi connectivity index (χ4n) is 1.95. The minimum atomic E-state index is 0.295. The summed E-state index contributed by atoms with van der Waals surface area (Å²) in [5, 5.41) is 7.38. The molecule has 2 unspecified atom stereocenters. The molecule has 0 bridgehead atoms. The predicted molar refractivity (Wildman–Crippen MR) is 62.4 cm³/mol. The Morgan fingerprint density at radius 1 is 1.56 bits per heavy atom. The van der Waals surface area contributed by atoms with Crippen LogP contribution in [0.3, 0.4) is 0 Å². The molecule has 90 valence electrons. The largest absolute Gasteiger partial charge is 0.339 e. The molecule has 0 saturated heterocycles. The maximum atomic E-state index is 5.32. The van der Waals surface area contributed by atoms with Gasteiger partial charge < -0.3 is 9.84 Å². The highest BCUT2D eigenvalue weighted by Gasteiger charge is 2.49. The van der Waals surface area contributed by atoms with E-state index in [0.717, 1.165) is 24.8 Å². The van der Waals surface area contributed by atoms with Crippen LogP contribution in [-0.2, 0) is 0 Å². The molecular formula is C12H21N3O. The number of nitrogens with one attached hydrogen (secondary N) is 1. The molecular weight excluding hydrogens is 202 g/mol. The SMILES string of the molecule is CCNCC(C)c1nc(C2CC2(C)C)no1. The van der Waals surface area contributed by atoms with Crippen molar-refractivity contribution >= 4 is 0 Å². The molecule has 1 aromatic rings. The van der Waals surface area contributed by atoms with Crippen molar-refractivity contribution in [2.45, 2.75) is 46.0 Å². The predicted octanol–water partition coefficient (Wildman–Crippen LogP) is 2.30. The molecule has 0 spiro atoms. The van der Waals surface area contributed by atoms with Crippen LogP contribution in [0.5, 0.6) is 0 Å². The molecule has 1 N–H and O–H groups in total. The van der Waals surface area contributed by atoms with E-state index in [0.29, 0.717) is 17.3 Å². The van der Waals surface area contributed by atoms with Crippen molar-refractivity contribution in [1.29, 1.82) is 0 Å². The minimum absolute atomic E-state index is 0.295. The summed E-state index contributed by atoms with van der Waals surface area (Å²) in [5.41, 5.74) is 0.367. The van der Waals surface area contributed by atoms with Crippen LogP contribution >= 0.6 is 0 Å². The van der Waals surface area contributed by atoms with E-state index in [1.807, 2.05) is 0 Å². The van der Waals surface area contributed by atoms with E-state index in [-0.39, 0.29) is 0 Å². The number of nitrogens with zero attached hydrogens (tertiary/aromatic N) is 2. The first-order valence-electron chi connectivity index (χ1n) is 6.09. The molecule has 0 radical (unpaired) electrons. The van der Waals surface area contributed by atoms with Gasteiger partial charge >= 0.3 is 0 Å². The molecule has 4 nitrogen and oxygen atoms in total. The Morgan fingerprint density at radius 2 is 2.25 bits per heavy atom. The van der Waals surface area contributed by atoms with E-state index in [9.17, 15) is 0 Å². The van der Waals surface area contributed by atoms with Gasteiger partial charge in [0.2, 0.25) is 5.89 Å². The van der Waals surface area contributed by atoms with Crippen LogP contribution in [0.1, 0.15) is 57.7 Å². The van der Waals surface area contributed by atoms with Crippen LogP contribution in [0, 0.1) is 5.41 Å². The lowest BCUT2D eigenvalue weighted by molar-refractivity contribution is 0.350. The molecule has 1 fully saturated rings. The highest BCUT2D eigenvalue weighted by Crippen LogP contribution is 2.57. The van der Waals surface area contributed by atoms with Gasteiger partial charge in [-0.25, -0.2) is 0 Å². The molecule has 2 rings (SSSR count). The zero-order valence-corrected chi connectivity index (χ0v) is 10.6. The third-order valence-corrected chi connectivity index (χ3v) is 3.40. The van der Waals surface area contributed by atoms with E-state index in [1.165, 1.54) is 6.42 Å². The third kappa shape index (κ3) is 2.26. The maximum absolute atomic E-state index is 5.32. The van der Waals surface area contributed by atoms with Gasteiger partial charge in [0.15, 0.2) is 5.82 Å². The maximum Gasteiger partial charge on any atom is 0.230 e. The van der Waals surface area contributed by atoms with Crippen LogP contribution in [0.25, 0.3) is 0 Å². The van der Waals surface area contributed by atoms with Crippen LogP contribution in [-0.4, -0.2) is 23.2 Å². The van der Waals surface area contributed by atoms with Gasteiger partial charge in [0.25, 0.3) is 0 Å². The molecule has 16 heavy (non-hydrogen) atoms. The van der Waals surface area contributed by atoms with E-state index < -0.39 is 0 Å². The van der Waals surface area contributed by atoms with Gasteiger partial charge in [-0.2, -0.15) is 4.98 Å². The second-order valence-electron chi connectivity index (χ2n) is 5.44. The van der Waals surface area contributed by atoms with Crippen LogP contribution in [0.15, 0.2) is 4.52 Å². The van der Waals surface area contributed by atoms with Crippen LogP contribution in [0.2, 0.25) is 0 Å². The van der Waals surface area contributed by atoms with E-state index >= 15 is 0 Å². The Morgan fingerprint density at radius 3 is 2.81 bits per heavy atom. The third-order valence-electron chi connectivity index (χ3n) is 3.40. The summed E-state index contributed by atoms with van der Waals surface area (Å²) in [4.78, 5) is 4.50. The summed E-state index contributed by atoms with van der Waals surface area (Å²) in [6, 6.07) is 0. The van der Waals surface area contributed by atoms with Crippen LogP contribution < -0.4 is 5.32 Å². The summed E-state index contributed by atoms with van der Waals surface area (Å²) in [5.74, 6) is 2.45. The average Bonchev–Trinajstić information content (AvgIpc) is 2.67. The summed E-state index contributed by atoms with van der Waals surface area (Å²) in [7, 11) is 0. The van der Waals surface area contributed by atoms with Crippen molar-refractivity contribution in [2.75, 3.05) is 13.1 Å². The molecule has 4 heteroatoms. The highest BCUT2D eigenvalue weighted by molar-refractivity contribution is 5.14. The molecule has 2 atom stereocenters. The Bertz CT molecular complexity index is 359. The van der Waals surface area contributed by atoms with Gasteiger partial charge in [-0.1, -0.05) is 32.9 Å². The zero-order chi connectivity index (χ0) is 11.8. The standard InChI is InChI=1S/C12H21N3O/c1-5-13-7-8(2)11-14-10(15-16-11)9-6-12(9,3)4/h8-9,13H,5-7H2,1-4H3. The number of hydrogen-bond donors (Lipinski definition) is 1. The fourth-order valence-corrected chi connectivity index (χ4v) is 1.95. The second-order valence-corrected chi connectivity index (χ2v) is 5.44. The van der Waals surface area contributed by atoms with Crippen molar-refractivity contribution in [3.8, 4) is 0 Å². The number of hydrogen-bond acceptors (Lipinski definition) is 4. The first-order valence-corrected chi connectivity index (χ1v) is 6.09. The van der Waals surface area contributed by atoms with E-state index in [1.54, 1.807) is 0 Å². The van der Waals surface area contributed by atoms with Crippen molar-refractivity contribution < 1.29 is 4.52 Å². The highest BCUT2D eigenvalue weighted by atomic mass is 16.5. The Balaban J connectivity index is 1.97. The van der Waals surface area contributed by atoms with Crippen molar-refractivity contribution in [3.63, 3.8) is 0 Å². The van der Waals surface area contributed by atoms with Gasteiger partial charge in [-0.15, -0.1) is 0 Å². The topological polar surface area (TPSA) is 51.0 Å². The Labute approximate surface area is 96.8 Å². The molecule has 1 saturated carbocycles. The smallest absolute Gasteiger partial charge is 0.230 e. The molecule has 0 aromatic carbocycles. The quantitative estimate of drug-likeness (QED) is 0.832. The molecule has 1 aliphatic rings. The number of aromatic nitrogens is 2. The normalized spacial score (nSPS) is 24.4. The summed E-state index contributed by atoms with van der Waals surface area (Å²) >= 11 is 0. The second kappa shape index (κ2) is 4.17. The molecule has 1 aliphatic carbocycles. The number of rotatable bonds is 5. The van der Waals surface area contributed by atoms with Crippen molar-refractivity contribution in [2.24, 2.45) is 5.41 Å². The first-order chi connectivity index (χ1) is 7.54. The van der Waals surface area contributed by atoms with E-state index in [2.05, 4.69) is 43.2 Å². The van der Waals surface area contributed by atoms with E-state index in [4.69, 9.17) is 4.52 Å². The number of likely N-dealkylation sites (N-methyl/N-ethyl adjacent to an activating group) is 1. The molecule has 1 heterocycles. The van der Waals surface area contributed by atoms with Gasteiger partial charge in [0.1, 0.15) is 0 Å². The lowest BCUT2D eigenvalue weighted by atomic mass is 10.1. The summed E-state index contributed by atoms with van der Waals surface area (Å²) < 4.78 is 5.32. The zero-order valence-electron chi connectivity index (χ0n) is 10.6. The first kappa shape index (κ1) is 11.6. The van der Waals surface area contributed by atoms with Gasteiger partial charge in [-0.05, 0) is 18.4 Å². The van der Waals surface area contributed by atoms with Crippen molar-refractivity contribution in [3.05, 3.63) is 11.7 Å². The molecule has 0 aliphatic heterocycles. The van der Waals surface area contributed by atoms with Crippen molar-refractivity contribution in [1.82, 2.24) is 15.5 Å². The summed E-state index contributed by atoms with van der Waals surface area (Å²) in [6.07, 6.45) is 1.17. The molecule has 0 amide bonds. The fraction of sp³-hybridized carbons (Fsp3) is 0.833. The minimum Gasteiger partial charge on any atom is -0.339 e. The summed E-state index contributed by atoms with van der Waals surface area (Å²) in [6.45, 7) is 10.6. The van der Waals surface area contributed by atoms with Gasteiger partial charge in [0.05, 0.1) is 0 Å². The monoisotopic (exact) mass is 223 g/mol.